The zero-order valence-corrected chi connectivity index (χ0v) is 19.4. The van der Waals surface area contributed by atoms with E-state index in [2.05, 4.69) is 16.0 Å². The van der Waals surface area contributed by atoms with E-state index in [1.807, 2.05) is 17.0 Å². The van der Waals surface area contributed by atoms with E-state index in [0.29, 0.717) is 43.6 Å². The van der Waals surface area contributed by atoms with E-state index in [1.165, 1.54) is 17.2 Å². The first kappa shape index (κ1) is 22.2. The molecule has 11 nitrogen and oxygen atoms in total. The number of hydrogen-bond acceptors (Lipinski definition) is 7. The molecule has 0 aliphatic carbocycles. The lowest BCUT2D eigenvalue weighted by Gasteiger charge is -2.34. The molecule has 1 fully saturated rings. The third kappa shape index (κ3) is 4.07. The van der Waals surface area contributed by atoms with Crippen molar-refractivity contribution in [3.05, 3.63) is 50.9 Å². The minimum atomic E-state index is -0.407. The number of aryl methyl sites for hydroxylation is 2. The lowest BCUT2D eigenvalue weighted by molar-refractivity contribution is -0.133. The maximum atomic E-state index is 12.7. The summed E-state index contributed by atoms with van der Waals surface area (Å²) < 4.78 is 15.0. The second-order valence-electron chi connectivity index (χ2n) is 8.76. The van der Waals surface area contributed by atoms with Gasteiger partial charge in [-0.25, -0.2) is 9.78 Å². The Morgan fingerprint density at radius 1 is 1.03 bits per heavy atom. The molecule has 0 bridgehead atoms. The van der Waals surface area contributed by atoms with Crippen molar-refractivity contribution in [2.24, 2.45) is 14.1 Å². The number of carbonyl (C=O) groups is 1. The molecule has 0 N–H and O–H groups in total. The Kier molecular flexibility index (Phi) is 5.86. The molecule has 2 aliphatic rings. The molecule has 0 radical (unpaired) electrons. The Hall–Kier alpha value is -3.60. The maximum Gasteiger partial charge on any atom is 0.332 e. The van der Waals surface area contributed by atoms with E-state index in [0.717, 1.165) is 35.7 Å². The van der Waals surface area contributed by atoms with Crippen molar-refractivity contribution >= 4 is 17.1 Å². The first-order chi connectivity index (χ1) is 16.4. The van der Waals surface area contributed by atoms with Crippen molar-refractivity contribution in [3.8, 4) is 11.5 Å². The van der Waals surface area contributed by atoms with Crippen LogP contribution in [-0.4, -0.2) is 67.4 Å². The van der Waals surface area contributed by atoms with Crippen molar-refractivity contribution in [2.45, 2.75) is 25.9 Å². The molecular formula is C23H28N6O5. The number of fused-ring (bicyclic) bond motifs is 2. The van der Waals surface area contributed by atoms with Crippen LogP contribution >= 0.6 is 0 Å². The van der Waals surface area contributed by atoms with Gasteiger partial charge in [-0.2, -0.15) is 0 Å². The van der Waals surface area contributed by atoms with E-state index < -0.39 is 5.69 Å². The third-order valence-electron chi connectivity index (χ3n) is 6.58. The van der Waals surface area contributed by atoms with Gasteiger partial charge in [0.05, 0.1) is 6.33 Å². The first-order valence-electron chi connectivity index (χ1n) is 11.4. The molecule has 180 valence electrons. The van der Waals surface area contributed by atoms with E-state index >= 15 is 0 Å². The van der Waals surface area contributed by atoms with Crippen molar-refractivity contribution in [1.29, 1.82) is 0 Å². The van der Waals surface area contributed by atoms with Crippen LogP contribution in [0.2, 0.25) is 0 Å². The summed E-state index contributed by atoms with van der Waals surface area (Å²) >= 11 is 0. The Labute approximate surface area is 195 Å². The predicted octanol–water partition coefficient (Wildman–Crippen LogP) is 0.287. The highest BCUT2D eigenvalue weighted by Gasteiger charge is 2.22. The van der Waals surface area contributed by atoms with Gasteiger partial charge in [0.2, 0.25) is 12.7 Å². The fourth-order valence-corrected chi connectivity index (χ4v) is 4.58. The van der Waals surface area contributed by atoms with Crippen molar-refractivity contribution in [1.82, 2.24) is 28.5 Å². The topological polar surface area (TPSA) is 104 Å². The number of hydrogen-bond donors (Lipinski definition) is 0. The van der Waals surface area contributed by atoms with Crippen LogP contribution in [0, 0.1) is 0 Å². The lowest BCUT2D eigenvalue weighted by atomic mass is 10.1. The van der Waals surface area contributed by atoms with Gasteiger partial charge in [0, 0.05) is 59.8 Å². The number of carbonyl (C=O) groups excluding carboxylic acids is 1. The van der Waals surface area contributed by atoms with Crippen LogP contribution in [-0.2, 0) is 32.0 Å². The molecule has 5 rings (SSSR count). The van der Waals surface area contributed by atoms with Gasteiger partial charge < -0.3 is 18.9 Å². The number of piperazine rings is 1. The van der Waals surface area contributed by atoms with Gasteiger partial charge in [-0.05, 0) is 24.1 Å². The van der Waals surface area contributed by atoms with Crippen LogP contribution in [0.15, 0.2) is 34.1 Å². The second kappa shape index (κ2) is 8.98. The molecule has 0 atom stereocenters. The summed E-state index contributed by atoms with van der Waals surface area (Å²) in [4.78, 5) is 45.8. The summed E-state index contributed by atoms with van der Waals surface area (Å²) in [7, 11) is 3.05. The summed E-state index contributed by atoms with van der Waals surface area (Å²) in [6.07, 6.45) is 2.55. The molecule has 1 amide bonds. The van der Waals surface area contributed by atoms with Crippen LogP contribution in [0.1, 0.15) is 18.4 Å². The number of benzene rings is 1. The van der Waals surface area contributed by atoms with E-state index in [4.69, 9.17) is 9.47 Å². The third-order valence-corrected chi connectivity index (χ3v) is 6.58. The van der Waals surface area contributed by atoms with Crippen molar-refractivity contribution in [2.75, 3.05) is 33.0 Å². The Morgan fingerprint density at radius 2 is 1.79 bits per heavy atom. The van der Waals surface area contributed by atoms with Gasteiger partial charge in [0.25, 0.3) is 5.56 Å². The smallest absolute Gasteiger partial charge is 0.332 e. The molecular weight excluding hydrogens is 440 g/mol. The molecule has 1 saturated heterocycles. The number of rotatable bonds is 6. The molecule has 2 aliphatic heterocycles. The molecule has 0 unspecified atom stereocenters. The molecule has 3 aromatic rings. The zero-order chi connectivity index (χ0) is 23.8. The van der Waals surface area contributed by atoms with Gasteiger partial charge in [0.15, 0.2) is 22.7 Å². The highest BCUT2D eigenvalue weighted by molar-refractivity contribution is 5.76. The minimum absolute atomic E-state index is 0.118. The summed E-state index contributed by atoms with van der Waals surface area (Å²) in [6.45, 7) is 4.59. The normalized spacial score (nSPS) is 15.9. The predicted molar refractivity (Wildman–Crippen MR) is 124 cm³/mol. The molecule has 1 aromatic carbocycles. The highest BCUT2D eigenvalue weighted by atomic mass is 16.7. The molecule has 11 heteroatoms. The average molecular weight is 469 g/mol. The van der Waals surface area contributed by atoms with Gasteiger partial charge in [-0.3, -0.25) is 23.6 Å². The number of ether oxygens (including phenoxy) is 2. The first-order valence-corrected chi connectivity index (χ1v) is 11.4. The average Bonchev–Trinajstić information content (AvgIpc) is 3.49. The number of amides is 1. The lowest BCUT2D eigenvalue weighted by Crippen LogP contribution is -2.48. The van der Waals surface area contributed by atoms with Crippen LogP contribution < -0.4 is 20.7 Å². The van der Waals surface area contributed by atoms with Crippen molar-refractivity contribution in [3.63, 3.8) is 0 Å². The summed E-state index contributed by atoms with van der Waals surface area (Å²) in [5.41, 5.74) is 1.13. The monoisotopic (exact) mass is 468 g/mol. The van der Waals surface area contributed by atoms with Crippen LogP contribution in [0.3, 0.4) is 0 Å². The Bertz CT molecular complexity index is 1350. The molecule has 4 heterocycles. The van der Waals surface area contributed by atoms with Gasteiger partial charge in [-0.15, -0.1) is 0 Å². The second-order valence-corrected chi connectivity index (χ2v) is 8.76. The molecule has 0 saturated carbocycles. The largest absolute Gasteiger partial charge is 0.454 e. The van der Waals surface area contributed by atoms with E-state index in [-0.39, 0.29) is 18.3 Å². The maximum absolute atomic E-state index is 12.7. The molecule has 0 spiro atoms. The molecule has 34 heavy (non-hydrogen) atoms. The van der Waals surface area contributed by atoms with E-state index in [9.17, 15) is 14.4 Å². The summed E-state index contributed by atoms with van der Waals surface area (Å²) in [5, 5.41) is 0. The van der Waals surface area contributed by atoms with Crippen LogP contribution in [0.5, 0.6) is 11.5 Å². The Balaban J connectivity index is 1.13. The van der Waals surface area contributed by atoms with Crippen LogP contribution in [0.25, 0.3) is 11.2 Å². The van der Waals surface area contributed by atoms with Gasteiger partial charge in [-0.1, -0.05) is 6.07 Å². The summed E-state index contributed by atoms with van der Waals surface area (Å²) in [5.74, 6) is 1.69. The SMILES string of the molecule is Cn1c(=O)c2c(ncn2CCCC(=O)N2CCN(Cc3ccc4c(c3)OCO4)CC2)n(C)c1=O. The number of aromatic nitrogens is 4. The van der Waals surface area contributed by atoms with Crippen LogP contribution in [0.4, 0.5) is 0 Å². The summed E-state index contributed by atoms with van der Waals surface area (Å²) in [6, 6.07) is 6.01. The minimum Gasteiger partial charge on any atom is -0.454 e. The number of nitrogens with zero attached hydrogens (tertiary/aromatic N) is 6. The van der Waals surface area contributed by atoms with Gasteiger partial charge >= 0.3 is 5.69 Å². The zero-order valence-electron chi connectivity index (χ0n) is 19.4. The Morgan fingerprint density at radius 3 is 2.59 bits per heavy atom. The standard InChI is InChI=1S/C23H28N6O5/c1-25-21-20(22(31)26(2)23(25)32)29(14-24-21)7-3-4-19(30)28-10-8-27(9-11-28)13-16-5-6-17-18(12-16)34-15-33-17/h5-6,12,14H,3-4,7-11,13,15H2,1-2H3. The fourth-order valence-electron chi connectivity index (χ4n) is 4.58. The van der Waals surface area contributed by atoms with Crippen molar-refractivity contribution < 1.29 is 14.3 Å². The van der Waals surface area contributed by atoms with Gasteiger partial charge in [0.1, 0.15) is 0 Å². The number of imidazole rings is 1. The molecule has 2 aromatic heterocycles. The highest BCUT2D eigenvalue weighted by Crippen LogP contribution is 2.32. The fraction of sp³-hybridized carbons (Fsp3) is 0.478. The quantitative estimate of drug-likeness (QED) is 0.512. The van der Waals surface area contributed by atoms with E-state index in [1.54, 1.807) is 17.9 Å².